The van der Waals surface area contributed by atoms with Crippen molar-refractivity contribution in [3.63, 3.8) is 0 Å². The standard InChI is InChI=1S/C14H19F3N2O/c15-14(16,17)9-19(12-3-4-12)7-13-5-10(8-20-13)6-18-11-1-2-11/h5,8,11-12,18H,1-4,6-7,9H2. The smallest absolute Gasteiger partial charge is 0.401 e. The van der Waals surface area contributed by atoms with Crippen LogP contribution in [0.25, 0.3) is 0 Å². The number of hydrogen-bond acceptors (Lipinski definition) is 3. The zero-order chi connectivity index (χ0) is 14.2. The number of rotatable bonds is 7. The molecule has 0 bridgehead atoms. The largest absolute Gasteiger partial charge is 0.468 e. The van der Waals surface area contributed by atoms with Gasteiger partial charge in [-0.05, 0) is 31.7 Å². The molecule has 0 aliphatic heterocycles. The number of furan rings is 1. The molecule has 0 radical (unpaired) electrons. The highest BCUT2D eigenvalue weighted by molar-refractivity contribution is 5.13. The summed E-state index contributed by atoms with van der Waals surface area (Å²) in [4.78, 5) is 1.47. The van der Waals surface area contributed by atoms with Crippen molar-refractivity contribution in [2.45, 2.75) is 57.0 Å². The molecule has 6 heteroatoms. The van der Waals surface area contributed by atoms with Crippen LogP contribution in [0.5, 0.6) is 0 Å². The molecule has 0 unspecified atom stereocenters. The van der Waals surface area contributed by atoms with Crippen molar-refractivity contribution >= 4 is 0 Å². The minimum absolute atomic E-state index is 0.0646. The third-order valence-corrected chi connectivity index (χ3v) is 3.68. The average Bonchev–Trinajstić information content (AvgIpc) is 3.24. The van der Waals surface area contributed by atoms with Crippen molar-refractivity contribution in [1.29, 1.82) is 0 Å². The first kappa shape index (κ1) is 13.9. The fourth-order valence-corrected chi connectivity index (χ4v) is 2.34. The Balaban J connectivity index is 1.54. The minimum atomic E-state index is -4.15. The van der Waals surface area contributed by atoms with Crippen molar-refractivity contribution in [3.8, 4) is 0 Å². The summed E-state index contributed by atoms with van der Waals surface area (Å²) in [6.45, 7) is 0.124. The van der Waals surface area contributed by atoms with Crippen molar-refractivity contribution in [1.82, 2.24) is 10.2 Å². The van der Waals surface area contributed by atoms with Gasteiger partial charge in [-0.2, -0.15) is 13.2 Å². The number of hydrogen-bond donors (Lipinski definition) is 1. The highest BCUT2D eigenvalue weighted by atomic mass is 19.4. The topological polar surface area (TPSA) is 28.4 Å². The summed E-state index contributed by atoms with van der Waals surface area (Å²) >= 11 is 0. The average molecular weight is 288 g/mol. The molecule has 112 valence electrons. The maximum atomic E-state index is 12.5. The van der Waals surface area contributed by atoms with E-state index in [9.17, 15) is 13.2 Å². The highest BCUT2D eigenvalue weighted by Gasteiger charge is 2.38. The van der Waals surface area contributed by atoms with E-state index in [1.807, 2.05) is 6.07 Å². The second-order valence-electron chi connectivity index (χ2n) is 5.83. The van der Waals surface area contributed by atoms with Gasteiger partial charge in [0.2, 0.25) is 0 Å². The highest BCUT2D eigenvalue weighted by Crippen LogP contribution is 2.31. The van der Waals surface area contributed by atoms with E-state index in [1.54, 1.807) is 6.26 Å². The molecule has 2 fully saturated rings. The molecule has 1 aromatic rings. The predicted molar refractivity (Wildman–Crippen MR) is 68.1 cm³/mol. The first-order chi connectivity index (χ1) is 9.49. The van der Waals surface area contributed by atoms with Crippen molar-refractivity contribution in [3.05, 3.63) is 23.7 Å². The summed E-state index contributed by atoms with van der Waals surface area (Å²) < 4.78 is 43.0. The van der Waals surface area contributed by atoms with Gasteiger partial charge in [0.1, 0.15) is 5.76 Å². The van der Waals surface area contributed by atoms with Crippen LogP contribution in [0, 0.1) is 0 Å². The van der Waals surface area contributed by atoms with Gasteiger partial charge in [-0.1, -0.05) is 0 Å². The van der Waals surface area contributed by atoms with Crippen LogP contribution in [0.3, 0.4) is 0 Å². The summed E-state index contributed by atoms with van der Waals surface area (Å²) in [7, 11) is 0. The second-order valence-corrected chi connectivity index (χ2v) is 5.83. The van der Waals surface area contributed by atoms with E-state index in [0.717, 1.165) is 24.9 Å². The van der Waals surface area contributed by atoms with E-state index < -0.39 is 12.7 Å². The van der Waals surface area contributed by atoms with Gasteiger partial charge in [0.15, 0.2) is 0 Å². The van der Waals surface area contributed by atoms with Gasteiger partial charge >= 0.3 is 6.18 Å². The van der Waals surface area contributed by atoms with Crippen LogP contribution in [-0.4, -0.2) is 29.7 Å². The first-order valence-corrected chi connectivity index (χ1v) is 7.10. The quantitative estimate of drug-likeness (QED) is 0.836. The fourth-order valence-electron chi connectivity index (χ4n) is 2.34. The lowest BCUT2D eigenvalue weighted by atomic mass is 10.3. The lowest BCUT2D eigenvalue weighted by Crippen LogP contribution is -2.35. The zero-order valence-electron chi connectivity index (χ0n) is 11.2. The molecule has 0 saturated heterocycles. The van der Waals surface area contributed by atoms with E-state index in [0.29, 0.717) is 11.8 Å². The SMILES string of the molecule is FC(F)(F)CN(Cc1cc(CNC2CC2)co1)C1CC1. The van der Waals surface area contributed by atoms with Gasteiger partial charge in [0.25, 0.3) is 0 Å². The van der Waals surface area contributed by atoms with E-state index in [2.05, 4.69) is 5.32 Å². The predicted octanol–water partition coefficient (Wildman–Crippen LogP) is 3.06. The number of nitrogens with one attached hydrogen (secondary N) is 1. The van der Waals surface area contributed by atoms with Crippen molar-refractivity contribution in [2.24, 2.45) is 0 Å². The Morgan fingerprint density at radius 2 is 2.00 bits per heavy atom. The first-order valence-electron chi connectivity index (χ1n) is 7.10. The lowest BCUT2D eigenvalue weighted by Gasteiger charge is -2.22. The van der Waals surface area contributed by atoms with E-state index >= 15 is 0 Å². The summed E-state index contributed by atoms with van der Waals surface area (Å²) in [5, 5.41) is 3.36. The van der Waals surface area contributed by atoms with Gasteiger partial charge in [0.05, 0.1) is 19.4 Å². The van der Waals surface area contributed by atoms with Crippen LogP contribution in [-0.2, 0) is 13.1 Å². The number of nitrogens with zero attached hydrogens (tertiary/aromatic N) is 1. The summed E-state index contributed by atoms with van der Waals surface area (Å²) in [5.41, 5.74) is 1.01. The fraction of sp³-hybridized carbons (Fsp3) is 0.714. The zero-order valence-corrected chi connectivity index (χ0v) is 11.2. The molecule has 0 spiro atoms. The molecular weight excluding hydrogens is 269 g/mol. The van der Waals surface area contributed by atoms with Crippen LogP contribution in [0.15, 0.2) is 16.7 Å². The Kier molecular flexibility index (Phi) is 3.77. The third kappa shape index (κ3) is 4.24. The Labute approximate surface area is 116 Å². The van der Waals surface area contributed by atoms with Gasteiger partial charge < -0.3 is 9.73 Å². The van der Waals surface area contributed by atoms with Crippen LogP contribution < -0.4 is 5.32 Å². The molecular formula is C14H19F3N2O. The van der Waals surface area contributed by atoms with E-state index in [1.165, 1.54) is 17.7 Å². The molecule has 0 atom stereocenters. The molecule has 2 saturated carbocycles. The molecule has 2 aliphatic carbocycles. The second kappa shape index (κ2) is 5.41. The molecule has 20 heavy (non-hydrogen) atoms. The van der Waals surface area contributed by atoms with Crippen molar-refractivity contribution < 1.29 is 17.6 Å². The van der Waals surface area contributed by atoms with Gasteiger partial charge in [-0.3, -0.25) is 4.90 Å². The van der Waals surface area contributed by atoms with Crippen LogP contribution in [0.4, 0.5) is 13.2 Å². The van der Waals surface area contributed by atoms with Crippen LogP contribution in [0.1, 0.15) is 37.0 Å². The van der Waals surface area contributed by atoms with Gasteiger partial charge in [-0.15, -0.1) is 0 Å². The summed E-state index contributed by atoms with van der Waals surface area (Å²) in [6, 6.07) is 2.54. The normalized spacial score (nSPS) is 19.8. The maximum Gasteiger partial charge on any atom is 0.401 e. The molecule has 3 nitrogen and oxygen atoms in total. The molecule has 1 aromatic heterocycles. The molecule has 0 amide bonds. The monoisotopic (exact) mass is 288 g/mol. The van der Waals surface area contributed by atoms with Gasteiger partial charge in [-0.25, -0.2) is 0 Å². The summed E-state index contributed by atoms with van der Waals surface area (Å²) in [5.74, 6) is 0.619. The Morgan fingerprint density at radius 3 is 2.60 bits per heavy atom. The maximum absolute atomic E-state index is 12.5. The van der Waals surface area contributed by atoms with E-state index in [4.69, 9.17) is 4.42 Å². The van der Waals surface area contributed by atoms with Crippen molar-refractivity contribution in [2.75, 3.05) is 6.54 Å². The minimum Gasteiger partial charge on any atom is -0.468 e. The summed E-state index contributed by atoms with van der Waals surface area (Å²) in [6.07, 6.45) is 1.63. The lowest BCUT2D eigenvalue weighted by molar-refractivity contribution is -0.148. The number of alkyl halides is 3. The Hall–Kier alpha value is -1.01. The molecule has 3 rings (SSSR count). The third-order valence-electron chi connectivity index (χ3n) is 3.68. The van der Waals surface area contributed by atoms with E-state index in [-0.39, 0.29) is 12.6 Å². The Morgan fingerprint density at radius 1 is 1.25 bits per heavy atom. The van der Waals surface area contributed by atoms with Crippen LogP contribution in [0.2, 0.25) is 0 Å². The molecule has 1 N–H and O–H groups in total. The Bertz CT molecular complexity index is 450. The van der Waals surface area contributed by atoms with Gasteiger partial charge in [0, 0.05) is 24.2 Å². The molecule has 2 aliphatic rings. The number of halogens is 3. The molecule has 0 aromatic carbocycles. The molecule has 1 heterocycles. The van der Waals surface area contributed by atoms with Crippen LogP contribution >= 0.6 is 0 Å².